The molecule has 0 heterocycles. The molecular formula is C16H22F3N3O3. The molecule has 25 heavy (non-hydrogen) atoms. The molecule has 0 aliphatic heterocycles. The predicted molar refractivity (Wildman–Crippen MR) is 85.7 cm³/mol. The number of hydrogen-bond donors (Lipinski definition) is 3. The molecule has 6 nitrogen and oxygen atoms in total. The maximum Gasteiger partial charge on any atom is 0.422 e. The number of ether oxygens (including phenoxy) is 1. The molecule has 0 aromatic heterocycles. The third kappa shape index (κ3) is 7.88. The summed E-state index contributed by atoms with van der Waals surface area (Å²) in [5, 5.41) is 4.91. The SMILES string of the molecule is CC(C)[C@H](N)C(=O)NCC(=O)NCc1ccccc1OCC(F)(F)F. The first-order valence-electron chi connectivity index (χ1n) is 7.67. The van der Waals surface area contributed by atoms with Crippen molar-refractivity contribution in [2.24, 2.45) is 11.7 Å². The maximum absolute atomic E-state index is 12.2. The Labute approximate surface area is 143 Å². The molecule has 140 valence electrons. The molecule has 1 rings (SSSR count). The van der Waals surface area contributed by atoms with Gasteiger partial charge in [0.1, 0.15) is 5.75 Å². The van der Waals surface area contributed by atoms with Crippen LogP contribution in [-0.2, 0) is 16.1 Å². The Balaban J connectivity index is 2.50. The Kier molecular flexibility index (Phi) is 7.69. The van der Waals surface area contributed by atoms with Crippen molar-refractivity contribution >= 4 is 11.8 Å². The van der Waals surface area contributed by atoms with E-state index in [-0.39, 0.29) is 24.8 Å². The number of hydrogen-bond acceptors (Lipinski definition) is 4. The summed E-state index contributed by atoms with van der Waals surface area (Å²) in [4.78, 5) is 23.4. The Bertz CT molecular complexity index is 591. The molecule has 0 aliphatic rings. The van der Waals surface area contributed by atoms with E-state index < -0.39 is 30.6 Å². The molecule has 1 aromatic carbocycles. The van der Waals surface area contributed by atoms with E-state index in [1.807, 2.05) is 0 Å². The van der Waals surface area contributed by atoms with Crippen LogP contribution in [0.4, 0.5) is 13.2 Å². The summed E-state index contributed by atoms with van der Waals surface area (Å²) >= 11 is 0. The average Bonchev–Trinajstić information content (AvgIpc) is 2.55. The van der Waals surface area contributed by atoms with Crippen molar-refractivity contribution in [3.8, 4) is 5.75 Å². The van der Waals surface area contributed by atoms with Crippen molar-refractivity contribution in [3.05, 3.63) is 29.8 Å². The minimum Gasteiger partial charge on any atom is -0.484 e. The molecule has 0 radical (unpaired) electrons. The van der Waals surface area contributed by atoms with E-state index in [0.717, 1.165) is 0 Å². The van der Waals surface area contributed by atoms with Gasteiger partial charge in [0.2, 0.25) is 11.8 Å². The van der Waals surface area contributed by atoms with Gasteiger partial charge in [0.05, 0.1) is 12.6 Å². The van der Waals surface area contributed by atoms with Gasteiger partial charge in [-0.25, -0.2) is 0 Å². The Morgan fingerprint density at radius 1 is 1.20 bits per heavy atom. The van der Waals surface area contributed by atoms with Gasteiger partial charge in [-0.1, -0.05) is 32.0 Å². The molecule has 9 heteroatoms. The van der Waals surface area contributed by atoms with E-state index in [9.17, 15) is 22.8 Å². The average molecular weight is 361 g/mol. The molecule has 0 fully saturated rings. The second-order valence-corrected chi connectivity index (χ2v) is 5.78. The lowest BCUT2D eigenvalue weighted by atomic mass is 10.1. The monoisotopic (exact) mass is 361 g/mol. The van der Waals surface area contributed by atoms with Crippen molar-refractivity contribution in [2.45, 2.75) is 32.6 Å². The van der Waals surface area contributed by atoms with Crippen LogP contribution >= 0.6 is 0 Å². The smallest absolute Gasteiger partial charge is 0.422 e. The molecule has 0 unspecified atom stereocenters. The van der Waals surface area contributed by atoms with E-state index >= 15 is 0 Å². The van der Waals surface area contributed by atoms with Crippen molar-refractivity contribution < 1.29 is 27.5 Å². The first kappa shape index (κ1) is 20.8. The van der Waals surface area contributed by atoms with Gasteiger partial charge in [-0.2, -0.15) is 13.2 Å². The molecule has 2 amide bonds. The molecule has 0 bridgehead atoms. The number of carbonyl (C=O) groups excluding carboxylic acids is 2. The minimum absolute atomic E-state index is 0.0288. The molecule has 0 saturated carbocycles. The lowest BCUT2D eigenvalue weighted by molar-refractivity contribution is -0.153. The zero-order chi connectivity index (χ0) is 19.0. The van der Waals surface area contributed by atoms with E-state index in [2.05, 4.69) is 10.6 Å². The summed E-state index contributed by atoms with van der Waals surface area (Å²) in [6.07, 6.45) is -4.45. The fourth-order valence-corrected chi connectivity index (χ4v) is 1.79. The first-order chi connectivity index (χ1) is 11.6. The fourth-order valence-electron chi connectivity index (χ4n) is 1.79. The molecule has 0 saturated heterocycles. The zero-order valence-electron chi connectivity index (χ0n) is 14.0. The van der Waals surface area contributed by atoms with Crippen LogP contribution in [0.2, 0.25) is 0 Å². The quantitative estimate of drug-likeness (QED) is 0.651. The maximum atomic E-state index is 12.2. The standard InChI is InChI=1S/C16H22F3N3O3/c1-10(2)14(20)15(24)22-8-13(23)21-7-11-5-3-4-6-12(11)25-9-16(17,18)19/h3-6,10,14H,7-9,20H2,1-2H3,(H,21,23)(H,22,24)/t14-/m0/s1. The largest absolute Gasteiger partial charge is 0.484 e. The highest BCUT2D eigenvalue weighted by molar-refractivity contribution is 5.87. The summed E-state index contributed by atoms with van der Waals surface area (Å²) in [6.45, 7) is 1.84. The number of nitrogens with one attached hydrogen (secondary N) is 2. The molecule has 4 N–H and O–H groups in total. The number of carbonyl (C=O) groups is 2. The van der Waals surface area contributed by atoms with Gasteiger partial charge < -0.3 is 21.1 Å². The molecule has 0 spiro atoms. The second kappa shape index (κ2) is 9.26. The summed E-state index contributed by atoms with van der Waals surface area (Å²) in [7, 11) is 0. The van der Waals surface area contributed by atoms with E-state index in [1.54, 1.807) is 26.0 Å². The summed E-state index contributed by atoms with van der Waals surface area (Å²) < 4.78 is 41.4. The highest BCUT2D eigenvalue weighted by Gasteiger charge is 2.28. The highest BCUT2D eigenvalue weighted by atomic mass is 19.4. The number of alkyl halides is 3. The van der Waals surface area contributed by atoms with Crippen molar-refractivity contribution in [2.75, 3.05) is 13.2 Å². The molecule has 0 aliphatic carbocycles. The van der Waals surface area contributed by atoms with Gasteiger partial charge in [0.25, 0.3) is 0 Å². The number of rotatable bonds is 8. The van der Waals surface area contributed by atoms with Crippen LogP contribution < -0.4 is 21.1 Å². The normalized spacial score (nSPS) is 12.6. The van der Waals surface area contributed by atoms with E-state index in [0.29, 0.717) is 5.56 Å². The number of amides is 2. The predicted octanol–water partition coefficient (Wildman–Crippen LogP) is 1.34. The number of benzene rings is 1. The van der Waals surface area contributed by atoms with E-state index in [1.165, 1.54) is 12.1 Å². The van der Waals surface area contributed by atoms with Crippen LogP contribution in [0.25, 0.3) is 0 Å². The van der Waals surface area contributed by atoms with E-state index in [4.69, 9.17) is 10.5 Å². The van der Waals surface area contributed by atoms with Crippen molar-refractivity contribution in [3.63, 3.8) is 0 Å². The summed E-state index contributed by atoms with van der Waals surface area (Å²) in [5.41, 5.74) is 6.04. The third-order valence-electron chi connectivity index (χ3n) is 3.28. The Morgan fingerprint density at radius 3 is 2.44 bits per heavy atom. The topological polar surface area (TPSA) is 93.5 Å². The first-order valence-corrected chi connectivity index (χ1v) is 7.67. The van der Waals surface area contributed by atoms with Gasteiger partial charge in [-0.05, 0) is 12.0 Å². The molecule has 1 aromatic rings. The van der Waals surface area contributed by atoms with Gasteiger partial charge in [0.15, 0.2) is 6.61 Å². The Hall–Kier alpha value is -2.29. The Morgan fingerprint density at radius 2 is 1.84 bits per heavy atom. The number of nitrogens with two attached hydrogens (primary N) is 1. The van der Waals surface area contributed by atoms with Crippen molar-refractivity contribution in [1.82, 2.24) is 10.6 Å². The van der Waals surface area contributed by atoms with Crippen LogP contribution in [0.3, 0.4) is 0 Å². The van der Waals surface area contributed by atoms with Crippen LogP contribution in [0.15, 0.2) is 24.3 Å². The third-order valence-corrected chi connectivity index (χ3v) is 3.28. The van der Waals surface area contributed by atoms with Gasteiger partial charge >= 0.3 is 6.18 Å². The summed E-state index contributed by atoms with van der Waals surface area (Å²) in [6, 6.07) is 5.36. The zero-order valence-corrected chi connectivity index (χ0v) is 14.0. The van der Waals surface area contributed by atoms with Crippen LogP contribution in [0, 0.1) is 5.92 Å². The molecular weight excluding hydrogens is 339 g/mol. The van der Waals surface area contributed by atoms with Crippen LogP contribution in [-0.4, -0.2) is 37.2 Å². The fraction of sp³-hybridized carbons (Fsp3) is 0.500. The van der Waals surface area contributed by atoms with Gasteiger partial charge in [0, 0.05) is 12.1 Å². The van der Waals surface area contributed by atoms with Crippen LogP contribution in [0.1, 0.15) is 19.4 Å². The lowest BCUT2D eigenvalue weighted by Crippen LogP contribution is -2.47. The number of halogens is 3. The highest BCUT2D eigenvalue weighted by Crippen LogP contribution is 2.21. The molecule has 1 atom stereocenters. The van der Waals surface area contributed by atoms with Gasteiger partial charge in [-0.15, -0.1) is 0 Å². The van der Waals surface area contributed by atoms with Gasteiger partial charge in [-0.3, -0.25) is 9.59 Å². The minimum atomic E-state index is -4.45. The lowest BCUT2D eigenvalue weighted by Gasteiger charge is -2.16. The number of para-hydroxylation sites is 1. The second-order valence-electron chi connectivity index (χ2n) is 5.78. The van der Waals surface area contributed by atoms with Crippen molar-refractivity contribution in [1.29, 1.82) is 0 Å². The summed E-state index contributed by atoms with van der Waals surface area (Å²) in [5.74, 6) is -0.972. The van der Waals surface area contributed by atoms with Crippen LogP contribution in [0.5, 0.6) is 5.75 Å².